The summed E-state index contributed by atoms with van der Waals surface area (Å²) in [5.74, 6) is -0.178. The van der Waals surface area contributed by atoms with Gasteiger partial charge in [0.05, 0.1) is 5.56 Å². The summed E-state index contributed by atoms with van der Waals surface area (Å²) in [6.45, 7) is 5.30. The van der Waals surface area contributed by atoms with Crippen LogP contribution in [-0.2, 0) is 0 Å². The quantitative estimate of drug-likeness (QED) is 0.437. The summed E-state index contributed by atoms with van der Waals surface area (Å²) >= 11 is 2.18. The van der Waals surface area contributed by atoms with E-state index in [2.05, 4.69) is 45.2 Å². The van der Waals surface area contributed by atoms with Crippen molar-refractivity contribution in [2.24, 2.45) is 5.10 Å². The van der Waals surface area contributed by atoms with Crippen LogP contribution in [0, 0.1) is 3.57 Å². The predicted octanol–water partition coefficient (Wildman–Crippen LogP) is 2.32. The minimum Gasteiger partial charge on any atom is -0.387 e. The molecule has 1 rings (SSSR count). The molecule has 0 aliphatic carbocycles. The molecule has 114 valence electrons. The van der Waals surface area contributed by atoms with E-state index in [1.54, 1.807) is 37.4 Å². The van der Waals surface area contributed by atoms with E-state index in [-0.39, 0.29) is 5.91 Å². The van der Waals surface area contributed by atoms with Crippen LogP contribution >= 0.6 is 22.6 Å². The van der Waals surface area contributed by atoms with Gasteiger partial charge in [0.2, 0.25) is 0 Å². The van der Waals surface area contributed by atoms with Crippen LogP contribution in [0.5, 0.6) is 0 Å². The number of hydrogen-bond acceptors (Lipinski definition) is 5. The zero-order valence-corrected chi connectivity index (χ0v) is 14.8. The summed E-state index contributed by atoms with van der Waals surface area (Å²) in [7, 11) is 5.33. The van der Waals surface area contributed by atoms with Gasteiger partial charge >= 0.3 is 0 Å². The van der Waals surface area contributed by atoms with Crippen molar-refractivity contribution < 1.29 is 4.79 Å². The Morgan fingerprint density at radius 2 is 2.10 bits per heavy atom. The number of nitrogens with one attached hydrogen (secondary N) is 2. The molecule has 21 heavy (non-hydrogen) atoms. The smallest absolute Gasteiger partial charge is 0.271 e. The molecule has 0 unspecified atom stereocenters. The second-order valence-electron chi connectivity index (χ2n) is 4.43. The molecular formula is C14H20IN5O. The molecule has 0 radical (unpaired) electrons. The maximum atomic E-state index is 12.4. The Morgan fingerprint density at radius 3 is 2.67 bits per heavy atom. The van der Waals surface area contributed by atoms with E-state index in [9.17, 15) is 4.79 Å². The van der Waals surface area contributed by atoms with E-state index in [0.717, 1.165) is 15.0 Å². The largest absolute Gasteiger partial charge is 0.387 e. The molecule has 0 bridgehead atoms. The van der Waals surface area contributed by atoms with Crippen LogP contribution in [0.4, 0.5) is 5.69 Å². The van der Waals surface area contributed by atoms with Crippen molar-refractivity contribution in [3.05, 3.63) is 39.2 Å². The van der Waals surface area contributed by atoms with Gasteiger partial charge in [-0.1, -0.05) is 0 Å². The molecule has 1 aromatic rings. The number of allylic oxidation sites excluding steroid dienone is 1. The Morgan fingerprint density at radius 1 is 1.43 bits per heavy atom. The minimum absolute atomic E-state index is 0.178. The Hall–Kier alpha value is -1.77. The monoisotopic (exact) mass is 401 g/mol. The third-order valence-electron chi connectivity index (χ3n) is 2.89. The number of hydrazone groups is 1. The average Bonchev–Trinajstić information content (AvgIpc) is 2.46. The molecule has 1 amide bonds. The standard InChI is InChI=1S/C14H20IN5O/c1-10(9-19(4)17-3)20(5)18-14(21)12-8-11(15)6-7-13(12)16-2/h6-9,16H,3H2,1-2,4-5H3,(H,18,21)/b10-9-. The summed E-state index contributed by atoms with van der Waals surface area (Å²) in [4.78, 5) is 12.4. The molecule has 0 aromatic heterocycles. The van der Waals surface area contributed by atoms with Gasteiger partial charge in [-0.05, 0) is 47.7 Å². The number of nitrogens with zero attached hydrogens (tertiary/aromatic N) is 3. The fourth-order valence-corrected chi connectivity index (χ4v) is 2.11. The molecule has 0 heterocycles. The maximum absolute atomic E-state index is 12.4. The first kappa shape index (κ1) is 17.3. The molecule has 7 heteroatoms. The van der Waals surface area contributed by atoms with E-state index < -0.39 is 0 Å². The normalized spacial score (nSPS) is 10.8. The van der Waals surface area contributed by atoms with Crippen molar-refractivity contribution in [2.45, 2.75) is 6.92 Å². The molecule has 0 fully saturated rings. The van der Waals surface area contributed by atoms with Crippen molar-refractivity contribution in [1.82, 2.24) is 15.4 Å². The number of hydrogen-bond donors (Lipinski definition) is 2. The van der Waals surface area contributed by atoms with Gasteiger partial charge < -0.3 is 5.32 Å². The molecule has 1 aromatic carbocycles. The second kappa shape index (κ2) is 7.87. The molecule has 0 atom stereocenters. The molecular weight excluding hydrogens is 381 g/mol. The zero-order chi connectivity index (χ0) is 16.0. The first-order valence-corrected chi connectivity index (χ1v) is 7.36. The van der Waals surface area contributed by atoms with Crippen molar-refractivity contribution in [2.75, 3.05) is 26.5 Å². The Labute approximate surface area is 139 Å². The van der Waals surface area contributed by atoms with Crippen LogP contribution in [0.1, 0.15) is 17.3 Å². The number of halogens is 1. The fraction of sp³-hybridized carbons (Fsp3) is 0.286. The number of amides is 1. The maximum Gasteiger partial charge on any atom is 0.271 e. The lowest BCUT2D eigenvalue weighted by Gasteiger charge is -2.22. The van der Waals surface area contributed by atoms with Crippen LogP contribution in [0.3, 0.4) is 0 Å². The average molecular weight is 401 g/mol. The van der Waals surface area contributed by atoms with E-state index in [1.165, 1.54) is 0 Å². The van der Waals surface area contributed by atoms with Gasteiger partial charge in [-0.2, -0.15) is 5.10 Å². The Kier molecular flexibility index (Phi) is 6.47. The van der Waals surface area contributed by atoms with E-state index in [1.807, 2.05) is 25.1 Å². The van der Waals surface area contributed by atoms with E-state index in [4.69, 9.17) is 0 Å². The van der Waals surface area contributed by atoms with E-state index >= 15 is 0 Å². The summed E-state index contributed by atoms with van der Waals surface area (Å²) < 4.78 is 1.00. The summed E-state index contributed by atoms with van der Waals surface area (Å²) in [6.07, 6.45) is 1.76. The number of hydrazine groups is 1. The van der Waals surface area contributed by atoms with Gasteiger partial charge in [-0.15, -0.1) is 0 Å². The highest BCUT2D eigenvalue weighted by atomic mass is 127. The third kappa shape index (κ3) is 4.92. The van der Waals surface area contributed by atoms with Crippen LogP contribution in [-0.4, -0.2) is 43.8 Å². The third-order valence-corrected chi connectivity index (χ3v) is 3.56. The van der Waals surface area contributed by atoms with Gasteiger partial charge in [0.1, 0.15) is 0 Å². The minimum atomic E-state index is -0.178. The highest BCUT2D eigenvalue weighted by Gasteiger charge is 2.13. The predicted molar refractivity (Wildman–Crippen MR) is 95.0 cm³/mol. The van der Waals surface area contributed by atoms with Crippen molar-refractivity contribution >= 4 is 40.9 Å². The highest BCUT2D eigenvalue weighted by molar-refractivity contribution is 14.1. The Balaban J connectivity index is 2.88. The van der Waals surface area contributed by atoms with Crippen LogP contribution in [0.2, 0.25) is 0 Å². The fourth-order valence-electron chi connectivity index (χ4n) is 1.62. The summed E-state index contributed by atoms with van der Waals surface area (Å²) in [5, 5.41) is 9.98. The van der Waals surface area contributed by atoms with Crippen molar-refractivity contribution in [1.29, 1.82) is 0 Å². The number of benzene rings is 1. The Bertz CT molecular complexity index is 558. The van der Waals surface area contributed by atoms with Crippen LogP contribution < -0.4 is 10.7 Å². The molecule has 0 saturated carbocycles. The lowest BCUT2D eigenvalue weighted by Crippen LogP contribution is -2.38. The van der Waals surface area contributed by atoms with Gasteiger partial charge in [-0.25, -0.2) is 0 Å². The van der Waals surface area contributed by atoms with Crippen molar-refractivity contribution in [3.63, 3.8) is 0 Å². The number of rotatable bonds is 6. The molecule has 0 saturated heterocycles. The number of carbonyl (C=O) groups excluding carboxylic acids is 1. The van der Waals surface area contributed by atoms with Crippen LogP contribution in [0.25, 0.3) is 0 Å². The van der Waals surface area contributed by atoms with Gasteiger partial charge in [0.15, 0.2) is 0 Å². The lowest BCUT2D eigenvalue weighted by atomic mass is 10.1. The molecule has 0 aliphatic rings. The summed E-state index contributed by atoms with van der Waals surface area (Å²) in [6, 6.07) is 5.67. The molecule has 2 N–H and O–H groups in total. The first-order chi connectivity index (χ1) is 9.88. The van der Waals surface area contributed by atoms with Gasteiger partial charge in [-0.3, -0.25) is 20.2 Å². The number of carbonyl (C=O) groups is 1. The van der Waals surface area contributed by atoms with Crippen molar-refractivity contribution in [3.8, 4) is 0 Å². The van der Waals surface area contributed by atoms with E-state index in [0.29, 0.717) is 5.56 Å². The zero-order valence-electron chi connectivity index (χ0n) is 12.6. The first-order valence-electron chi connectivity index (χ1n) is 6.29. The number of anilines is 1. The lowest BCUT2D eigenvalue weighted by molar-refractivity contribution is 0.0862. The summed E-state index contributed by atoms with van der Waals surface area (Å²) in [5.41, 5.74) is 5.03. The highest BCUT2D eigenvalue weighted by Crippen LogP contribution is 2.18. The SMILES string of the molecule is C=NN(C)/C=C(/C)N(C)NC(=O)c1cc(I)ccc1NC. The topological polar surface area (TPSA) is 60.0 Å². The van der Waals surface area contributed by atoms with Crippen LogP contribution in [0.15, 0.2) is 35.2 Å². The second-order valence-corrected chi connectivity index (χ2v) is 5.67. The van der Waals surface area contributed by atoms with Gasteiger partial charge in [0.25, 0.3) is 5.91 Å². The molecule has 0 spiro atoms. The molecule has 6 nitrogen and oxygen atoms in total. The molecule has 0 aliphatic heterocycles. The van der Waals surface area contributed by atoms with Gasteiger partial charge in [0, 0.05) is 49.0 Å².